The molecule has 0 bridgehead atoms. The van der Waals surface area contributed by atoms with Gasteiger partial charge in [-0.1, -0.05) is 71.6 Å². The molecule has 4 aliphatic carbocycles. The van der Waals surface area contributed by atoms with E-state index >= 15 is 0 Å². The van der Waals surface area contributed by atoms with Gasteiger partial charge in [0.15, 0.2) is 0 Å². The number of nitrogens with zero attached hydrogens (tertiary/aromatic N) is 2. The lowest BCUT2D eigenvalue weighted by Crippen LogP contribution is -2.51. The van der Waals surface area contributed by atoms with Gasteiger partial charge >= 0.3 is 5.97 Å². The Bertz CT molecular complexity index is 1270. The van der Waals surface area contributed by atoms with Gasteiger partial charge < -0.3 is 4.74 Å². The van der Waals surface area contributed by atoms with Crippen molar-refractivity contribution in [2.75, 3.05) is 0 Å². The summed E-state index contributed by atoms with van der Waals surface area (Å²) in [6.45, 7) is 12.5. The molecule has 2 aromatic rings. The molecule has 6 rings (SSSR count). The van der Waals surface area contributed by atoms with Crippen LogP contribution in [0.3, 0.4) is 0 Å². The minimum Gasteiger partial charge on any atom is -0.458 e. The van der Waals surface area contributed by atoms with Crippen molar-refractivity contribution in [1.82, 2.24) is 9.97 Å². The van der Waals surface area contributed by atoms with Gasteiger partial charge in [-0.2, -0.15) is 0 Å². The Balaban J connectivity index is 1.09. The van der Waals surface area contributed by atoms with Gasteiger partial charge in [-0.15, -0.1) is 0 Å². The highest BCUT2D eigenvalue weighted by Gasteiger charge is 2.59. The van der Waals surface area contributed by atoms with Gasteiger partial charge in [0.2, 0.25) is 0 Å². The normalized spacial score (nSPS) is 34.6. The summed E-state index contributed by atoms with van der Waals surface area (Å²) in [5, 5.41) is 0. The van der Waals surface area contributed by atoms with E-state index in [-0.39, 0.29) is 17.5 Å². The van der Waals surface area contributed by atoms with Crippen LogP contribution in [0, 0.1) is 46.3 Å². The number of ether oxygens (including phenoxy) is 1. The number of carbonyl (C=O) groups excluding carboxylic acids is 1. The Morgan fingerprint density at radius 3 is 2.52 bits per heavy atom. The molecule has 0 aromatic carbocycles. The van der Waals surface area contributed by atoms with E-state index in [4.69, 9.17) is 4.74 Å². The molecule has 4 heteroatoms. The van der Waals surface area contributed by atoms with Crippen molar-refractivity contribution in [3.8, 4) is 11.4 Å². The molecule has 3 fully saturated rings. The summed E-state index contributed by atoms with van der Waals surface area (Å²) in [5.74, 6) is 4.80. The highest BCUT2D eigenvalue weighted by Crippen LogP contribution is 2.67. The van der Waals surface area contributed by atoms with Crippen LogP contribution >= 0.6 is 0 Å². The second-order valence-corrected chi connectivity index (χ2v) is 15.2. The third kappa shape index (κ3) is 5.48. The maximum absolute atomic E-state index is 13.1. The molecular formula is C38H52N2O2. The van der Waals surface area contributed by atoms with E-state index in [1.165, 1.54) is 51.4 Å². The fourth-order valence-corrected chi connectivity index (χ4v) is 10.2. The molecule has 0 aliphatic heterocycles. The van der Waals surface area contributed by atoms with Gasteiger partial charge in [0, 0.05) is 18.8 Å². The van der Waals surface area contributed by atoms with Gasteiger partial charge in [0.1, 0.15) is 6.10 Å². The van der Waals surface area contributed by atoms with E-state index in [9.17, 15) is 4.79 Å². The summed E-state index contributed by atoms with van der Waals surface area (Å²) < 4.78 is 6.09. The van der Waals surface area contributed by atoms with Crippen molar-refractivity contribution in [3.05, 3.63) is 59.9 Å². The number of pyridine rings is 2. The molecule has 226 valence electrons. The second kappa shape index (κ2) is 11.9. The van der Waals surface area contributed by atoms with Crippen LogP contribution in [-0.2, 0) is 4.74 Å². The zero-order chi connectivity index (χ0) is 29.5. The molecule has 0 N–H and O–H groups in total. The van der Waals surface area contributed by atoms with Crippen LogP contribution in [0.25, 0.3) is 11.4 Å². The van der Waals surface area contributed by atoms with Crippen molar-refractivity contribution in [3.63, 3.8) is 0 Å². The summed E-state index contributed by atoms with van der Waals surface area (Å²) in [5.41, 5.74) is 4.43. The SMILES string of the molecule is CC(C)CCC[C@@H](C)[C@H]1CC[C@H]2[C@@H]3CC=C4C[C@H](OC(=O)c5ccc(-c6ccccn6)nc5)CC[C@]4(C)[C@H]3CC[C@]12C. The van der Waals surface area contributed by atoms with Crippen LogP contribution in [0.15, 0.2) is 54.4 Å². The van der Waals surface area contributed by atoms with Crippen LogP contribution in [0.5, 0.6) is 0 Å². The first-order valence-corrected chi connectivity index (χ1v) is 17.0. The smallest absolute Gasteiger partial charge is 0.339 e. The van der Waals surface area contributed by atoms with Gasteiger partial charge in [-0.25, -0.2) is 4.79 Å². The summed E-state index contributed by atoms with van der Waals surface area (Å²) in [6, 6.07) is 9.43. The summed E-state index contributed by atoms with van der Waals surface area (Å²) in [6.07, 6.45) is 20.0. The monoisotopic (exact) mass is 568 g/mol. The predicted octanol–water partition coefficient (Wildman–Crippen LogP) is 9.71. The number of fused-ring (bicyclic) bond motifs is 5. The van der Waals surface area contributed by atoms with Crippen LogP contribution in [0.2, 0.25) is 0 Å². The predicted molar refractivity (Wildman–Crippen MR) is 170 cm³/mol. The third-order valence-electron chi connectivity index (χ3n) is 12.5. The number of rotatable bonds is 8. The van der Waals surface area contributed by atoms with E-state index in [2.05, 4.69) is 50.7 Å². The topological polar surface area (TPSA) is 52.1 Å². The maximum Gasteiger partial charge on any atom is 0.339 e. The number of aromatic nitrogens is 2. The zero-order valence-corrected chi connectivity index (χ0v) is 26.6. The van der Waals surface area contributed by atoms with Crippen molar-refractivity contribution in [1.29, 1.82) is 0 Å². The van der Waals surface area contributed by atoms with Crippen molar-refractivity contribution < 1.29 is 9.53 Å². The second-order valence-electron chi connectivity index (χ2n) is 15.2. The lowest BCUT2D eigenvalue weighted by molar-refractivity contribution is -0.0594. The Morgan fingerprint density at radius 2 is 1.79 bits per heavy atom. The minimum absolute atomic E-state index is 0.0414. The molecule has 4 nitrogen and oxygen atoms in total. The van der Waals surface area contributed by atoms with E-state index in [0.29, 0.717) is 11.0 Å². The Hall–Kier alpha value is -2.49. The highest BCUT2D eigenvalue weighted by molar-refractivity contribution is 5.89. The van der Waals surface area contributed by atoms with E-state index < -0.39 is 0 Å². The molecular weight excluding hydrogens is 516 g/mol. The molecule has 2 heterocycles. The van der Waals surface area contributed by atoms with Crippen molar-refractivity contribution in [2.24, 2.45) is 46.3 Å². The van der Waals surface area contributed by atoms with Crippen LogP contribution < -0.4 is 0 Å². The zero-order valence-electron chi connectivity index (χ0n) is 26.6. The fourth-order valence-electron chi connectivity index (χ4n) is 10.2. The average Bonchev–Trinajstić information content (AvgIpc) is 3.35. The molecule has 42 heavy (non-hydrogen) atoms. The van der Waals surface area contributed by atoms with Gasteiger partial charge in [0.05, 0.1) is 17.0 Å². The molecule has 4 aliphatic rings. The molecule has 0 radical (unpaired) electrons. The molecule has 8 atom stereocenters. The Morgan fingerprint density at radius 1 is 0.952 bits per heavy atom. The maximum atomic E-state index is 13.1. The van der Waals surface area contributed by atoms with Crippen LogP contribution in [-0.4, -0.2) is 22.0 Å². The van der Waals surface area contributed by atoms with Gasteiger partial charge in [-0.05, 0) is 116 Å². The molecule has 3 saturated carbocycles. The number of carbonyl (C=O) groups is 1. The number of hydrogen-bond acceptors (Lipinski definition) is 4. The summed E-state index contributed by atoms with van der Waals surface area (Å²) in [7, 11) is 0. The lowest BCUT2D eigenvalue weighted by Gasteiger charge is -2.58. The Labute approximate surface area is 254 Å². The largest absolute Gasteiger partial charge is 0.458 e. The molecule has 2 aromatic heterocycles. The third-order valence-corrected chi connectivity index (χ3v) is 12.5. The number of hydrogen-bond donors (Lipinski definition) is 0. The Kier molecular flexibility index (Phi) is 8.37. The minimum atomic E-state index is -0.258. The first-order valence-electron chi connectivity index (χ1n) is 17.0. The van der Waals surface area contributed by atoms with E-state index in [1.54, 1.807) is 18.0 Å². The number of allylic oxidation sites excluding steroid dienone is 1. The summed E-state index contributed by atoms with van der Waals surface area (Å²) >= 11 is 0. The summed E-state index contributed by atoms with van der Waals surface area (Å²) in [4.78, 5) is 21.9. The van der Waals surface area contributed by atoms with Crippen LogP contribution in [0.4, 0.5) is 0 Å². The molecule has 0 unspecified atom stereocenters. The standard InChI is InChI=1S/C38H52N2O2/c1-25(2)9-8-10-26(3)31-15-16-32-30-14-13-28-23-29(18-20-37(28,4)33(30)19-21-38(31,32)5)42-36(41)27-12-17-35(40-24-27)34-11-6-7-22-39-34/h6-7,11-13,17,22,24-26,29-33H,8-10,14-16,18-21,23H2,1-5H3/t26-,29-,30+,31-,32+,33+,37+,38-/m1/s1. The first-order chi connectivity index (χ1) is 20.2. The highest BCUT2D eigenvalue weighted by atomic mass is 16.5. The quantitative estimate of drug-likeness (QED) is 0.235. The van der Waals surface area contributed by atoms with Crippen molar-refractivity contribution in [2.45, 2.75) is 111 Å². The van der Waals surface area contributed by atoms with E-state index in [1.807, 2.05) is 30.3 Å². The molecule has 0 amide bonds. The average molecular weight is 569 g/mol. The van der Waals surface area contributed by atoms with Crippen molar-refractivity contribution >= 4 is 5.97 Å². The van der Waals surface area contributed by atoms with E-state index in [0.717, 1.165) is 66.2 Å². The molecule has 0 saturated heterocycles. The lowest BCUT2D eigenvalue weighted by atomic mass is 9.47. The van der Waals surface area contributed by atoms with Gasteiger partial charge in [0.25, 0.3) is 0 Å². The van der Waals surface area contributed by atoms with Gasteiger partial charge in [-0.3, -0.25) is 9.97 Å². The van der Waals surface area contributed by atoms with Crippen LogP contribution in [0.1, 0.15) is 116 Å². The first kappa shape index (κ1) is 29.6. The fraction of sp³-hybridized carbons (Fsp3) is 0.658. The number of esters is 1. The molecule has 0 spiro atoms.